The molecule has 12 heavy (non-hydrogen) atoms. The minimum absolute atomic E-state index is 0.255. The van der Waals surface area contributed by atoms with E-state index in [-0.39, 0.29) is 10.6 Å². The normalized spacial score (nSPS) is 23.0. The van der Waals surface area contributed by atoms with E-state index in [4.69, 9.17) is 0 Å². The van der Waals surface area contributed by atoms with Gasteiger partial charge in [-0.2, -0.15) is 0 Å². The number of hydrogen-bond donors (Lipinski definition) is 0. The van der Waals surface area contributed by atoms with Gasteiger partial charge in [0.05, 0.1) is 4.92 Å². The van der Waals surface area contributed by atoms with Crippen LogP contribution < -0.4 is 0 Å². The van der Waals surface area contributed by atoms with Crippen molar-refractivity contribution < 1.29 is 4.92 Å². The molecule has 0 amide bonds. The first-order valence-corrected chi connectivity index (χ1v) is 4.17. The lowest BCUT2D eigenvalue weighted by Crippen LogP contribution is -2.07. The van der Waals surface area contributed by atoms with Gasteiger partial charge < -0.3 is 0 Å². The molecule has 0 aromatic carbocycles. The Balaban J connectivity index is 2.84. The number of nitro groups is 1. The fourth-order valence-corrected chi connectivity index (χ4v) is 1.45. The monoisotopic (exact) mass is 167 g/mol. The first-order valence-electron chi connectivity index (χ1n) is 4.17. The molecule has 0 fully saturated rings. The van der Waals surface area contributed by atoms with Crippen LogP contribution in [0.5, 0.6) is 0 Å². The van der Waals surface area contributed by atoms with Gasteiger partial charge in [0.25, 0.3) is 5.70 Å². The Hall–Kier alpha value is -1.12. The third kappa shape index (κ3) is 1.94. The van der Waals surface area contributed by atoms with Gasteiger partial charge in [-0.25, -0.2) is 0 Å². The van der Waals surface area contributed by atoms with Gasteiger partial charge in [0.1, 0.15) is 0 Å². The molecule has 0 aromatic heterocycles. The third-order valence-electron chi connectivity index (χ3n) is 2.12. The number of allylic oxidation sites excluding steroid dienone is 3. The molecule has 1 atom stereocenters. The summed E-state index contributed by atoms with van der Waals surface area (Å²) in [5.41, 5.74) is 1.36. The van der Waals surface area contributed by atoms with Gasteiger partial charge in [-0.15, -0.1) is 0 Å². The maximum Gasteiger partial charge on any atom is 0.265 e. The van der Waals surface area contributed by atoms with Crippen molar-refractivity contribution in [2.75, 3.05) is 0 Å². The van der Waals surface area contributed by atoms with Crippen LogP contribution in [0.4, 0.5) is 0 Å². The van der Waals surface area contributed by atoms with Crippen LogP contribution in [-0.2, 0) is 0 Å². The summed E-state index contributed by atoms with van der Waals surface area (Å²) in [5, 5.41) is 10.5. The second kappa shape index (κ2) is 3.52. The van der Waals surface area contributed by atoms with E-state index in [0.29, 0.717) is 5.92 Å². The zero-order valence-electron chi connectivity index (χ0n) is 7.41. The van der Waals surface area contributed by atoms with Crippen molar-refractivity contribution in [3.05, 3.63) is 33.5 Å². The zero-order valence-corrected chi connectivity index (χ0v) is 7.41. The van der Waals surface area contributed by atoms with E-state index in [1.165, 1.54) is 0 Å². The molecule has 0 radical (unpaired) electrons. The minimum Gasteiger partial charge on any atom is -0.258 e. The van der Waals surface area contributed by atoms with E-state index in [1.54, 1.807) is 12.2 Å². The van der Waals surface area contributed by atoms with E-state index >= 15 is 0 Å². The highest BCUT2D eigenvalue weighted by Crippen LogP contribution is 2.24. The van der Waals surface area contributed by atoms with Crippen LogP contribution in [0.2, 0.25) is 0 Å². The van der Waals surface area contributed by atoms with Crippen LogP contribution in [0.15, 0.2) is 23.4 Å². The lowest BCUT2D eigenvalue weighted by molar-refractivity contribution is -0.419. The zero-order chi connectivity index (χ0) is 9.14. The molecule has 66 valence electrons. The lowest BCUT2D eigenvalue weighted by Gasteiger charge is -2.13. The SMILES string of the molecule is CCC1C=C([N+](=O)[O-])C=C(C)C1. The molecular formula is C9H13NO2. The van der Waals surface area contributed by atoms with Crippen molar-refractivity contribution in [3.63, 3.8) is 0 Å². The highest BCUT2D eigenvalue weighted by molar-refractivity contribution is 5.23. The number of nitrogens with zero attached hydrogens (tertiary/aromatic N) is 1. The fourth-order valence-electron chi connectivity index (χ4n) is 1.45. The topological polar surface area (TPSA) is 43.1 Å². The predicted octanol–water partition coefficient (Wildman–Crippen LogP) is 2.52. The summed E-state index contributed by atoms with van der Waals surface area (Å²) in [6.45, 7) is 4.00. The van der Waals surface area contributed by atoms with Crippen molar-refractivity contribution in [3.8, 4) is 0 Å². The molecule has 1 aliphatic rings. The number of rotatable bonds is 2. The average Bonchev–Trinajstić information content (AvgIpc) is 2.03. The Bertz CT molecular complexity index is 253. The maximum absolute atomic E-state index is 10.5. The molecule has 1 unspecified atom stereocenters. The summed E-state index contributed by atoms with van der Waals surface area (Å²) in [7, 11) is 0. The van der Waals surface area contributed by atoms with Gasteiger partial charge >= 0.3 is 0 Å². The average molecular weight is 167 g/mol. The molecule has 0 saturated carbocycles. The summed E-state index contributed by atoms with van der Waals surface area (Å²) in [6.07, 6.45) is 5.36. The highest BCUT2D eigenvalue weighted by Gasteiger charge is 2.17. The lowest BCUT2D eigenvalue weighted by atomic mass is 9.92. The second-order valence-electron chi connectivity index (χ2n) is 3.21. The Kier molecular flexibility index (Phi) is 2.63. The third-order valence-corrected chi connectivity index (χ3v) is 2.12. The molecule has 0 bridgehead atoms. The highest BCUT2D eigenvalue weighted by atomic mass is 16.6. The van der Waals surface area contributed by atoms with Crippen LogP contribution in [0, 0.1) is 16.0 Å². The Morgan fingerprint density at radius 2 is 2.42 bits per heavy atom. The van der Waals surface area contributed by atoms with Crippen LogP contribution in [0.1, 0.15) is 26.7 Å². The first-order chi connectivity index (χ1) is 5.63. The van der Waals surface area contributed by atoms with Crippen molar-refractivity contribution >= 4 is 0 Å². The quantitative estimate of drug-likeness (QED) is 0.468. The molecule has 3 heteroatoms. The summed E-state index contributed by atoms with van der Waals surface area (Å²) < 4.78 is 0. The van der Waals surface area contributed by atoms with Gasteiger partial charge in [0.2, 0.25) is 0 Å². The largest absolute Gasteiger partial charge is 0.265 e. The smallest absolute Gasteiger partial charge is 0.258 e. The fraction of sp³-hybridized carbons (Fsp3) is 0.556. The minimum atomic E-state index is -0.314. The molecule has 3 nitrogen and oxygen atoms in total. The van der Waals surface area contributed by atoms with Crippen LogP contribution in [0.3, 0.4) is 0 Å². The Morgan fingerprint density at radius 1 is 1.75 bits per heavy atom. The van der Waals surface area contributed by atoms with Gasteiger partial charge in [0, 0.05) is 6.08 Å². The van der Waals surface area contributed by atoms with Crippen LogP contribution in [0.25, 0.3) is 0 Å². The summed E-state index contributed by atoms with van der Waals surface area (Å²) in [6, 6.07) is 0. The summed E-state index contributed by atoms with van der Waals surface area (Å²) in [5.74, 6) is 0.357. The molecule has 1 rings (SSSR count). The second-order valence-corrected chi connectivity index (χ2v) is 3.21. The summed E-state index contributed by atoms with van der Waals surface area (Å²) >= 11 is 0. The molecule has 0 spiro atoms. The van der Waals surface area contributed by atoms with Gasteiger partial charge in [-0.3, -0.25) is 10.1 Å². The van der Waals surface area contributed by atoms with E-state index in [2.05, 4.69) is 6.92 Å². The Morgan fingerprint density at radius 3 is 2.92 bits per heavy atom. The van der Waals surface area contributed by atoms with E-state index in [9.17, 15) is 10.1 Å². The molecule has 0 aliphatic heterocycles. The molecule has 0 heterocycles. The standard InChI is InChI=1S/C9H13NO2/c1-3-8-4-7(2)5-9(6-8)10(11)12/h5-6,8H,3-4H2,1-2H3. The number of hydrogen-bond acceptors (Lipinski definition) is 2. The first kappa shape index (κ1) is 8.97. The maximum atomic E-state index is 10.5. The summed E-state index contributed by atoms with van der Waals surface area (Å²) in [4.78, 5) is 10.1. The molecule has 0 N–H and O–H groups in total. The Labute approximate surface area is 71.9 Å². The molecular weight excluding hydrogens is 154 g/mol. The predicted molar refractivity (Wildman–Crippen MR) is 47.2 cm³/mol. The van der Waals surface area contributed by atoms with Gasteiger partial charge in [0.15, 0.2) is 0 Å². The van der Waals surface area contributed by atoms with Gasteiger partial charge in [-0.05, 0) is 31.8 Å². The van der Waals surface area contributed by atoms with Crippen molar-refractivity contribution in [1.82, 2.24) is 0 Å². The van der Waals surface area contributed by atoms with Crippen molar-refractivity contribution in [2.24, 2.45) is 5.92 Å². The van der Waals surface area contributed by atoms with Crippen LogP contribution in [-0.4, -0.2) is 4.92 Å². The van der Waals surface area contributed by atoms with Crippen molar-refractivity contribution in [1.29, 1.82) is 0 Å². The van der Waals surface area contributed by atoms with Crippen molar-refractivity contribution in [2.45, 2.75) is 26.7 Å². The van der Waals surface area contributed by atoms with E-state index in [0.717, 1.165) is 18.4 Å². The van der Waals surface area contributed by atoms with E-state index in [1.807, 2.05) is 6.92 Å². The van der Waals surface area contributed by atoms with Crippen LogP contribution >= 0.6 is 0 Å². The molecule has 1 aliphatic carbocycles. The van der Waals surface area contributed by atoms with Gasteiger partial charge in [-0.1, -0.05) is 12.5 Å². The molecule has 0 saturated heterocycles. The molecule has 0 aromatic rings. The van der Waals surface area contributed by atoms with E-state index < -0.39 is 0 Å².